The molecule has 0 radical (unpaired) electrons. The number of nitrogens with zero attached hydrogens (tertiary/aromatic N) is 3. The summed E-state index contributed by atoms with van der Waals surface area (Å²) in [6, 6.07) is 0. The van der Waals surface area contributed by atoms with Crippen molar-refractivity contribution in [2.24, 2.45) is 11.7 Å². The molecule has 0 saturated carbocycles. The van der Waals surface area contributed by atoms with Gasteiger partial charge in [-0.3, -0.25) is 4.57 Å². The number of hydrogen-bond acceptors (Lipinski definition) is 9. The van der Waals surface area contributed by atoms with E-state index in [4.69, 9.17) is 21.5 Å². The zero-order valence-electron chi connectivity index (χ0n) is 10.7. The zero-order valence-corrected chi connectivity index (χ0v) is 10.7. The smallest absolute Gasteiger partial charge is 0.351 e. The standard InChI is InChI=1S/C10H17N5O5/c1-4-2-14(10(19)13-8(4)15(11)12)9-7(18)6(17)5(3-16)20-9/h2,5-7,9,16-18H,3,11-12H2,1H3/t5-,6-,7-,9-/m1/s1. The van der Waals surface area contributed by atoms with Crippen molar-refractivity contribution in [1.29, 1.82) is 0 Å². The van der Waals surface area contributed by atoms with Crippen molar-refractivity contribution in [3.8, 4) is 0 Å². The second kappa shape index (κ2) is 5.44. The number of ether oxygens (including phenoxy) is 1. The van der Waals surface area contributed by atoms with Crippen molar-refractivity contribution in [3.63, 3.8) is 0 Å². The highest BCUT2D eigenvalue weighted by Crippen LogP contribution is 2.28. The summed E-state index contributed by atoms with van der Waals surface area (Å²) >= 11 is 0. The van der Waals surface area contributed by atoms with Crippen LogP contribution in [-0.2, 0) is 4.74 Å². The van der Waals surface area contributed by atoms with E-state index in [1.807, 2.05) is 0 Å². The van der Waals surface area contributed by atoms with Gasteiger partial charge in [-0.2, -0.15) is 4.98 Å². The third-order valence-corrected chi connectivity index (χ3v) is 3.14. The minimum Gasteiger partial charge on any atom is -0.394 e. The van der Waals surface area contributed by atoms with Gasteiger partial charge in [0.25, 0.3) is 0 Å². The number of hydrazine groups is 2. The predicted molar refractivity (Wildman–Crippen MR) is 67.1 cm³/mol. The van der Waals surface area contributed by atoms with Gasteiger partial charge in [0.1, 0.15) is 18.3 Å². The summed E-state index contributed by atoms with van der Waals surface area (Å²) < 4.78 is 6.27. The summed E-state index contributed by atoms with van der Waals surface area (Å²) in [5.74, 6) is 10.7. The average Bonchev–Trinajstić information content (AvgIpc) is 2.68. The van der Waals surface area contributed by atoms with E-state index in [-0.39, 0.29) is 5.82 Å². The molecule has 0 unspecified atom stereocenters. The Kier molecular flexibility index (Phi) is 4.04. The molecule has 1 fully saturated rings. The van der Waals surface area contributed by atoms with Gasteiger partial charge in [0.05, 0.1) is 6.61 Å². The molecular weight excluding hydrogens is 270 g/mol. The average molecular weight is 287 g/mol. The van der Waals surface area contributed by atoms with E-state index >= 15 is 0 Å². The van der Waals surface area contributed by atoms with Gasteiger partial charge in [0, 0.05) is 11.8 Å². The lowest BCUT2D eigenvalue weighted by Crippen LogP contribution is -2.42. The van der Waals surface area contributed by atoms with E-state index in [0.29, 0.717) is 10.7 Å². The summed E-state index contributed by atoms with van der Waals surface area (Å²) in [4.78, 5) is 15.6. The van der Waals surface area contributed by atoms with E-state index in [1.54, 1.807) is 6.92 Å². The SMILES string of the molecule is Cc1cn([C@@H]2O[C@H](CO)[C@@H](O)[C@H]2O)c(=O)nc1N(N)N. The van der Waals surface area contributed by atoms with Crippen molar-refractivity contribution in [2.75, 3.05) is 11.7 Å². The fourth-order valence-electron chi connectivity index (χ4n) is 2.11. The Morgan fingerprint density at radius 3 is 2.60 bits per heavy atom. The maximum Gasteiger partial charge on any atom is 0.351 e. The highest BCUT2D eigenvalue weighted by atomic mass is 16.6. The van der Waals surface area contributed by atoms with Crippen molar-refractivity contribution >= 4 is 5.82 Å². The first-order chi connectivity index (χ1) is 9.36. The molecule has 0 aromatic carbocycles. The molecule has 1 aliphatic rings. The van der Waals surface area contributed by atoms with Crippen molar-refractivity contribution < 1.29 is 20.1 Å². The lowest BCUT2D eigenvalue weighted by atomic mass is 10.1. The first-order valence-electron chi connectivity index (χ1n) is 5.88. The van der Waals surface area contributed by atoms with E-state index in [0.717, 1.165) is 4.57 Å². The van der Waals surface area contributed by atoms with Crippen LogP contribution in [-0.4, -0.2) is 49.8 Å². The molecule has 0 amide bonds. The molecule has 1 aromatic heterocycles. The van der Waals surface area contributed by atoms with E-state index < -0.39 is 36.8 Å². The van der Waals surface area contributed by atoms with E-state index in [9.17, 15) is 15.0 Å². The summed E-state index contributed by atoms with van der Waals surface area (Å²) in [7, 11) is 0. The first kappa shape index (κ1) is 14.8. The number of hydrogen-bond donors (Lipinski definition) is 5. The largest absolute Gasteiger partial charge is 0.394 e. The number of aryl methyl sites for hydroxylation is 1. The topological polar surface area (TPSA) is 160 Å². The fourth-order valence-corrected chi connectivity index (χ4v) is 2.11. The number of aliphatic hydroxyl groups is 3. The zero-order chi connectivity index (χ0) is 15.0. The van der Waals surface area contributed by atoms with Crippen LogP contribution in [0.4, 0.5) is 5.82 Å². The van der Waals surface area contributed by atoms with Crippen LogP contribution in [0.2, 0.25) is 0 Å². The van der Waals surface area contributed by atoms with Gasteiger partial charge in [-0.15, -0.1) is 0 Å². The van der Waals surface area contributed by atoms with Crippen LogP contribution in [0.15, 0.2) is 11.0 Å². The predicted octanol–water partition coefficient (Wildman–Crippen LogP) is -3.28. The summed E-state index contributed by atoms with van der Waals surface area (Å²) in [5, 5.41) is 29.3. The second-order valence-corrected chi connectivity index (χ2v) is 4.57. The van der Waals surface area contributed by atoms with Gasteiger partial charge < -0.3 is 20.1 Å². The Bertz CT molecular complexity index is 547. The maximum absolute atomic E-state index is 11.9. The third-order valence-electron chi connectivity index (χ3n) is 3.14. The summed E-state index contributed by atoms with van der Waals surface area (Å²) in [6.07, 6.45) is -3.40. The molecule has 1 saturated heterocycles. The van der Waals surface area contributed by atoms with Crippen molar-refractivity contribution in [1.82, 2.24) is 9.55 Å². The molecule has 0 aliphatic carbocycles. The molecule has 2 rings (SSSR count). The van der Waals surface area contributed by atoms with Crippen LogP contribution in [0.3, 0.4) is 0 Å². The highest BCUT2D eigenvalue weighted by Gasteiger charge is 2.43. The van der Waals surface area contributed by atoms with Crippen molar-refractivity contribution in [3.05, 3.63) is 22.2 Å². The molecule has 4 atom stereocenters. The minimum absolute atomic E-state index is 0.0815. The number of anilines is 1. The Hall–Kier alpha value is -1.56. The fraction of sp³-hybridized carbons (Fsp3) is 0.600. The Labute approximate surface area is 113 Å². The quantitative estimate of drug-likeness (QED) is 0.283. The molecule has 0 bridgehead atoms. The van der Waals surface area contributed by atoms with Gasteiger partial charge in [-0.05, 0) is 6.92 Å². The minimum atomic E-state index is -1.36. The molecule has 112 valence electrons. The lowest BCUT2D eigenvalue weighted by Gasteiger charge is -2.20. The molecule has 2 heterocycles. The maximum atomic E-state index is 11.9. The normalized spacial score (nSPS) is 29.7. The molecule has 7 N–H and O–H groups in total. The molecule has 10 nitrogen and oxygen atoms in total. The van der Waals surface area contributed by atoms with Crippen LogP contribution in [0.5, 0.6) is 0 Å². The van der Waals surface area contributed by atoms with Crippen LogP contribution in [0, 0.1) is 6.92 Å². The van der Waals surface area contributed by atoms with Crippen molar-refractivity contribution in [2.45, 2.75) is 31.5 Å². The molecule has 20 heavy (non-hydrogen) atoms. The molecule has 0 spiro atoms. The summed E-state index contributed by atoms with van der Waals surface area (Å²) in [5.41, 5.74) is -0.270. The number of aliphatic hydroxyl groups excluding tert-OH is 3. The highest BCUT2D eigenvalue weighted by molar-refractivity contribution is 5.41. The summed E-state index contributed by atoms with van der Waals surface area (Å²) in [6.45, 7) is 1.14. The molecule has 1 aliphatic heterocycles. The molecule has 1 aromatic rings. The van der Waals surface area contributed by atoms with Gasteiger partial charge >= 0.3 is 5.69 Å². The first-order valence-corrected chi connectivity index (χ1v) is 5.88. The van der Waals surface area contributed by atoms with Gasteiger partial charge in [-0.25, -0.2) is 21.6 Å². The number of rotatable bonds is 3. The number of aromatic nitrogens is 2. The van der Waals surface area contributed by atoms with Gasteiger partial charge in [-0.1, -0.05) is 0 Å². The van der Waals surface area contributed by atoms with Crippen LogP contribution in [0.25, 0.3) is 0 Å². The third kappa shape index (κ3) is 2.40. The molecular formula is C10H17N5O5. The van der Waals surface area contributed by atoms with Gasteiger partial charge in [0.15, 0.2) is 12.0 Å². The molecule has 10 heteroatoms. The van der Waals surface area contributed by atoms with Crippen LogP contribution in [0.1, 0.15) is 11.8 Å². The van der Waals surface area contributed by atoms with Crippen LogP contribution >= 0.6 is 0 Å². The Morgan fingerprint density at radius 2 is 2.10 bits per heavy atom. The Morgan fingerprint density at radius 1 is 1.45 bits per heavy atom. The van der Waals surface area contributed by atoms with Crippen LogP contribution < -0.4 is 22.5 Å². The monoisotopic (exact) mass is 287 g/mol. The van der Waals surface area contributed by atoms with E-state index in [1.165, 1.54) is 6.20 Å². The van der Waals surface area contributed by atoms with Gasteiger partial charge in [0.2, 0.25) is 0 Å². The lowest BCUT2D eigenvalue weighted by molar-refractivity contribution is -0.0550. The Balaban J connectivity index is 2.40. The number of nitrogens with two attached hydrogens (primary N) is 2. The second-order valence-electron chi connectivity index (χ2n) is 4.57. The van der Waals surface area contributed by atoms with E-state index in [2.05, 4.69) is 4.98 Å².